The molecular formula is C31H38N2O3. The highest BCUT2D eigenvalue weighted by atomic mass is 16.5. The Morgan fingerprint density at radius 3 is 2.22 bits per heavy atom. The number of hydrogen-bond donors (Lipinski definition) is 1. The topological polar surface area (TPSA) is 58.6 Å². The van der Waals surface area contributed by atoms with E-state index in [1.54, 1.807) is 4.90 Å². The van der Waals surface area contributed by atoms with Crippen LogP contribution in [0.4, 0.5) is 0 Å². The molecule has 5 heteroatoms. The van der Waals surface area contributed by atoms with E-state index < -0.39 is 6.04 Å². The summed E-state index contributed by atoms with van der Waals surface area (Å²) in [6.45, 7) is 7.56. The zero-order valence-electron chi connectivity index (χ0n) is 21.7. The van der Waals surface area contributed by atoms with Crippen LogP contribution >= 0.6 is 0 Å². The largest absolute Gasteiger partial charge is 0.494 e. The Kier molecular flexibility index (Phi) is 10.6. The molecule has 1 atom stereocenters. The molecule has 1 unspecified atom stereocenters. The van der Waals surface area contributed by atoms with E-state index in [0.717, 1.165) is 22.4 Å². The molecule has 0 aromatic heterocycles. The van der Waals surface area contributed by atoms with E-state index in [-0.39, 0.29) is 11.8 Å². The summed E-state index contributed by atoms with van der Waals surface area (Å²) in [5.41, 5.74) is 3.16. The van der Waals surface area contributed by atoms with Crippen LogP contribution in [0.3, 0.4) is 0 Å². The van der Waals surface area contributed by atoms with Crippen LogP contribution in [0, 0.1) is 12.8 Å². The number of nitrogens with zero attached hydrogens (tertiary/aromatic N) is 1. The van der Waals surface area contributed by atoms with Crippen molar-refractivity contribution < 1.29 is 14.3 Å². The second-order valence-corrected chi connectivity index (χ2v) is 9.62. The Bertz CT molecular complexity index is 1080. The van der Waals surface area contributed by atoms with Gasteiger partial charge in [-0.1, -0.05) is 92.2 Å². The normalized spacial score (nSPS) is 11.7. The lowest BCUT2D eigenvalue weighted by molar-refractivity contribution is -0.141. The van der Waals surface area contributed by atoms with Crippen molar-refractivity contribution in [1.29, 1.82) is 0 Å². The first-order valence-electron chi connectivity index (χ1n) is 12.8. The van der Waals surface area contributed by atoms with Crippen LogP contribution in [-0.4, -0.2) is 35.9 Å². The van der Waals surface area contributed by atoms with Gasteiger partial charge in [-0.25, -0.2) is 0 Å². The van der Waals surface area contributed by atoms with Crippen LogP contribution in [-0.2, 0) is 22.6 Å². The van der Waals surface area contributed by atoms with Crippen molar-refractivity contribution >= 4 is 11.8 Å². The van der Waals surface area contributed by atoms with Gasteiger partial charge in [-0.3, -0.25) is 9.59 Å². The number of carbonyl (C=O) groups is 2. The average molecular weight is 487 g/mol. The Labute approximate surface area is 215 Å². The van der Waals surface area contributed by atoms with Crippen molar-refractivity contribution in [1.82, 2.24) is 10.2 Å². The van der Waals surface area contributed by atoms with Gasteiger partial charge in [0.25, 0.3) is 0 Å². The van der Waals surface area contributed by atoms with Gasteiger partial charge in [0.15, 0.2) is 0 Å². The van der Waals surface area contributed by atoms with Crippen molar-refractivity contribution in [2.75, 3.05) is 13.2 Å². The highest BCUT2D eigenvalue weighted by Gasteiger charge is 2.30. The van der Waals surface area contributed by atoms with Gasteiger partial charge in [0.1, 0.15) is 11.8 Å². The van der Waals surface area contributed by atoms with Crippen molar-refractivity contribution in [2.45, 2.75) is 52.6 Å². The predicted octanol–water partition coefficient (Wildman–Crippen LogP) is 5.57. The van der Waals surface area contributed by atoms with Crippen molar-refractivity contribution in [3.8, 4) is 5.75 Å². The molecular weight excluding hydrogens is 448 g/mol. The first kappa shape index (κ1) is 27.0. The molecule has 5 nitrogen and oxygen atoms in total. The third kappa shape index (κ3) is 8.88. The van der Waals surface area contributed by atoms with E-state index in [9.17, 15) is 9.59 Å². The average Bonchev–Trinajstić information content (AvgIpc) is 2.88. The van der Waals surface area contributed by atoms with Gasteiger partial charge in [-0.05, 0) is 42.5 Å². The molecule has 0 aliphatic heterocycles. The highest BCUT2D eigenvalue weighted by molar-refractivity contribution is 5.88. The van der Waals surface area contributed by atoms with Crippen LogP contribution in [0.25, 0.3) is 0 Å². The van der Waals surface area contributed by atoms with Crippen LogP contribution in [0.1, 0.15) is 43.4 Å². The number of nitrogens with one attached hydrogen (secondary N) is 1. The van der Waals surface area contributed by atoms with Crippen LogP contribution < -0.4 is 10.1 Å². The van der Waals surface area contributed by atoms with E-state index in [4.69, 9.17) is 4.74 Å². The fourth-order valence-corrected chi connectivity index (χ4v) is 4.06. The number of hydrogen-bond acceptors (Lipinski definition) is 3. The fourth-order valence-electron chi connectivity index (χ4n) is 4.06. The number of para-hydroxylation sites is 1. The van der Waals surface area contributed by atoms with Gasteiger partial charge in [-0.2, -0.15) is 0 Å². The molecule has 0 spiro atoms. The van der Waals surface area contributed by atoms with Gasteiger partial charge in [0, 0.05) is 25.9 Å². The lowest BCUT2D eigenvalue weighted by Gasteiger charge is -2.32. The quantitative estimate of drug-likeness (QED) is 0.322. The second kappa shape index (κ2) is 14.1. The number of amides is 2. The van der Waals surface area contributed by atoms with Crippen LogP contribution in [0.15, 0.2) is 84.9 Å². The Balaban J connectivity index is 1.79. The maximum Gasteiger partial charge on any atom is 0.243 e. The molecule has 2 amide bonds. The molecule has 0 radical (unpaired) electrons. The number of aryl methyl sites for hydroxylation is 1. The van der Waals surface area contributed by atoms with Gasteiger partial charge in [0.05, 0.1) is 6.61 Å². The number of ether oxygens (including phenoxy) is 1. The fraction of sp³-hybridized carbons (Fsp3) is 0.355. The molecule has 0 saturated heterocycles. The van der Waals surface area contributed by atoms with E-state index in [0.29, 0.717) is 44.9 Å². The molecule has 0 aliphatic carbocycles. The van der Waals surface area contributed by atoms with Crippen molar-refractivity contribution in [3.05, 3.63) is 102 Å². The maximum atomic E-state index is 13.6. The Morgan fingerprint density at radius 2 is 1.56 bits per heavy atom. The van der Waals surface area contributed by atoms with Gasteiger partial charge < -0.3 is 15.0 Å². The minimum Gasteiger partial charge on any atom is -0.494 e. The van der Waals surface area contributed by atoms with Gasteiger partial charge >= 0.3 is 0 Å². The molecule has 3 aromatic rings. The number of rotatable bonds is 13. The molecule has 0 fully saturated rings. The zero-order chi connectivity index (χ0) is 25.8. The minimum atomic E-state index is -0.603. The third-order valence-corrected chi connectivity index (χ3v) is 5.94. The van der Waals surface area contributed by atoms with Gasteiger partial charge in [0.2, 0.25) is 11.8 Å². The molecule has 190 valence electrons. The highest BCUT2D eigenvalue weighted by Crippen LogP contribution is 2.18. The van der Waals surface area contributed by atoms with Crippen LogP contribution in [0.2, 0.25) is 0 Å². The molecule has 0 saturated carbocycles. The van der Waals surface area contributed by atoms with E-state index in [2.05, 4.69) is 25.2 Å². The summed E-state index contributed by atoms with van der Waals surface area (Å²) in [5, 5.41) is 3.07. The summed E-state index contributed by atoms with van der Waals surface area (Å²) in [6.07, 6.45) is 1.34. The van der Waals surface area contributed by atoms with E-state index in [1.807, 2.05) is 85.8 Å². The summed E-state index contributed by atoms with van der Waals surface area (Å²) in [6, 6.07) is 27.0. The monoisotopic (exact) mass is 486 g/mol. The summed E-state index contributed by atoms with van der Waals surface area (Å²) in [7, 11) is 0. The first-order valence-corrected chi connectivity index (χ1v) is 12.8. The Morgan fingerprint density at radius 1 is 0.889 bits per heavy atom. The summed E-state index contributed by atoms with van der Waals surface area (Å²) in [4.78, 5) is 28.8. The lowest BCUT2D eigenvalue weighted by atomic mass is 10.0. The van der Waals surface area contributed by atoms with E-state index >= 15 is 0 Å². The zero-order valence-corrected chi connectivity index (χ0v) is 21.7. The SMILES string of the molecule is Cc1cccc(CN(C(=O)CCCOc2ccccc2)C(Cc2ccccc2)C(=O)NCC(C)C)c1. The minimum absolute atomic E-state index is 0.0474. The molecule has 3 aromatic carbocycles. The Hall–Kier alpha value is -3.60. The molecule has 3 rings (SSSR count). The third-order valence-electron chi connectivity index (χ3n) is 5.94. The smallest absolute Gasteiger partial charge is 0.243 e. The summed E-state index contributed by atoms with van der Waals surface area (Å²) < 4.78 is 5.79. The van der Waals surface area contributed by atoms with Crippen LogP contribution in [0.5, 0.6) is 5.75 Å². The maximum absolute atomic E-state index is 13.6. The summed E-state index contributed by atoms with van der Waals surface area (Å²) >= 11 is 0. The first-order chi connectivity index (χ1) is 17.4. The standard InChI is InChI=1S/C31H38N2O3/c1-24(2)22-32-31(35)29(21-26-13-6-4-7-14-26)33(23-27-15-10-12-25(3)20-27)30(34)18-11-19-36-28-16-8-5-9-17-28/h4-10,12-17,20,24,29H,11,18-19,21-23H2,1-3H3,(H,32,35). The molecule has 36 heavy (non-hydrogen) atoms. The van der Waals surface area contributed by atoms with Gasteiger partial charge in [-0.15, -0.1) is 0 Å². The predicted molar refractivity (Wildman–Crippen MR) is 145 cm³/mol. The molecule has 0 bridgehead atoms. The van der Waals surface area contributed by atoms with E-state index in [1.165, 1.54) is 0 Å². The number of carbonyl (C=O) groups excluding carboxylic acids is 2. The molecule has 0 heterocycles. The second-order valence-electron chi connectivity index (χ2n) is 9.62. The van der Waals surface area contributed by atoms with Crippen molar-refractivity contribution in [3.63, 3.8) is 0 Å². The lowest BCUT2D eigenvalue weighted by Crippen LogP contribution is -2.51. The van der Waals surface area contributed by atoms with Crippen molar-refractivity contribution in [2.24, 2.45) is 5.92 Å². The molecule has 1 N–H and O–H groups in total. The molecule has 0 aliphatic rings. The number of benzene rings is 3. The summed E-state index contributed by atoms with van der Waals surface area (Å²) in [5.74, 6) is 0.946.